The SMILES string of the molecule is CC.CCC(=O)N(CCC1=CCC(C)C=C1)SC. The van der Waals surface area contributed by atoms with Crippen molar-refractivity contribution >= 4 is 17.9 Å². The van der Waals surface area contributed by atoms with E-state index in [1.165, 1.54) is 17.5 Å². The van der Waals surface area contributed by atoms with E-state index in [2.05, 4.69) is 25.2 Å². The van der Waals surface area contributed by atoms with Gasteiger partial charge in [-0.1, -0.05) is 63.4 Å². The summed E-state index contributed by atoms with van der Waals surface area (Å²) < 4.78 is 1.85. The average Bonchev–Trinajstić information content (AvgIpc) is 2.43. The molecule has 0 saturated heterocycles. The fourth-order valence-electron chi connectivity index (χ4n) is 1.68. The number of carbonyl (C=O) groups excluding carboxylic acids is 1. The summed E-state index contributed by atoms with van der Waals surface area (Å²) in [5.74, 6) is 0.888. The summed E-state index contributed by atoms with van der Waals surface area (Å²) in [6.07, 6.45) is 11.4. The molecule has 1 unspecified atom stereocenters. The molecule has 0 saturated carbocycles. The number of hydrogen-bond acceptors (Lipinski definition) is 2. The van der Waals surface area contributed by atoms with Crippen LogP contribution in [-0.2, 0) is 4.79 Å². The number of allylic oxidation sites excluding steroid dienone is 3. The molecule has 0 aromatic carbocycles. The van der Waals surface area contributed by atoms with Crippen LogP contribution in [0, 0.1) is 5.92 Å². The number of rotatable bonds is 5. The normalized spacial score (nSPS) is 17.6. The zero-order chi connectivity index (χ0) is 14.0. The van der Waals surface area contributed by atoms with E-state index in [1.807, 2.05) is 31.3 Å². The molecule has 0 heterocycles. The van der Waals surface area contributed by atoms with Crippen LogP contribution in [0.5, 0.6) is 0 Å². The molecule has 1 amide bonds. The van der Waals surface area contributed by atoms with E-state index in [1.54, 1.807) is 0 Å². The minimum Gasteiger partial charge on any atom is -0.286 e. The van der Waals surface area contributed by atoms with Gasteiger partial charge < -0.3 is 0 Å². The van der Waals surface area contributed by atoms with E-state index in [9.17, 15) is 4.79 Å². The van der Waals surface area contributed by atoms with E-state index in [0.717, 1.165) is 19.4 Å². The highest BCUT2D eigenvalue weighted by molar-refractivity contribution is 7.96. The Hall–Kier alpha value is -0.700. The maximum Gasteiger partial charge on any atom is 0.232 e. The predicted molar refractivity (Wildman–Crippen MR) is 82.5 cm³/mol. The van der Waals surface area contributed by atoms with Crippen LogP contribution in [0.1, 0.15) is 47.0 Å². The Morgan fingerprint density at radius 2 is 2.17 bits per heavy atom. The summed E-state index contributed by atoms with van der Waals surface area (Å²) in [4.78, 5) is 11.5. The predicted octanol–water partition coefficient (Wildman–Crippen LogP) is 4.44. The highest BCUT2D eigenvalue weighted by Crippen LogP contribution is 2.19. The second-order valence-corrected chi connectivity index (χ2v) is 4.94. The molecule has 0 aromatic rings. The topological polar surface area (TPSA) is 20.3 Å². The zero-order valence-corrected chi connectivity index (χ0v) is 13.2. The quantitative estimate of drug-likeness (QED) is 0.688. The van der Waals surface area contributed by atoms with Crippen molar-refractivity contribution in [2.24, 2.45) is 5.92 Å². The third-order valence-electron chi connectivity index (χ3n) is 2.80. The molecule has 0 aliphatic heterocycles. The number of amides is 1. The number of nitrogens with zero attached hydrogens (tertiary/aromatic N) is 1. The van der Waals surface area contributed by atoms with Crippen LogP contribution >= 0.6 is 11.9 Å². The summed E-state index contributed by atoms with van der Waals surface area (Å²) in [5.41, 5.74) is 1.36. The molecule has 2 nitrogen and oxygen atoms in total. The molecule has 0 aromatic heterocycles. The molecule has 1 aliphatic rings. The molecule has 1 atom stereocenters. The van der Waals surface area contributed by atoms with Gasteiger partial charge in [0.25, 0.3) is 0 Å². The van der Waals surface area contributed by atoms with Gasteiger partial charge in [0.1, 0.15) is 0 Å². The Balaban J connectivity index is 0.00000137. The molecular formula is C15H27NOS. The van der Waals surface area contributed by atoms with E-state index in [0.29, 0.717) is 12.3 Å². The van der Waals surface area contributed by atoms with Gasteiger partial charge in [-0.25, -0.2) is 0 Å². The first kappa shape index (κ1) is 17.3. The highest BCUT2D eigenvalue weighted by Gasteiger charge is 2.11. The van der Waals surface area contributed by atoms with Crippen LogP contribution in [0.3, 0.4) is 0 Å². The molecule has 0 spiro atoms. The van der Waals surface area contributed by atoms with Crippen LogP contribution in [-0.4, -0.2) is 23.0 Å². The van der Waals surface area contributed by atoms with Gasteiger partial charge in [-0.15, -0.1) is 0 Å². The van der Waals surface area contributed by atoms with Gasteiger partial charge in [0.05, 0.1) is 0 Å². The van der Waals surface area contributed by atoms with E-state index in [-0.39, 0.29) is 5.91 Å². The molecule has 3 heteroatoms. The lowest BCUT2D eigenvalue weighted by atomic mass is 9.97. The molecule has 0 radical (unpaired) electrons. The van der Waals surface area contributed by atoms with Crippen LogP contribution in [0.2, 0.25) is 0 Å². The third-order valence-corrected chi connectivity index (χ3v) is 3.62. The Morgan fingerprint density at radius 3 is 2.61 bits per heavy atom. The summed E-state index contributed by atoms with van der Waals surface area (Å²) >= 11 is 1.52. The minimum absolute atomic E-state index is 0.223. The van der Waals surface area contributed by atoms with Crippen molar-refractivity contribution < 1.29 is 4.79 Å². The Labute approximate surface area is 117 Å². The summed E-state index contributed by atoms with van der Waals surface area (Å²) in [6.45, 7) is 8.95. The highest BCUT2D eigenvalue weighted by atomic mass is 32.2. The minimum atomic E-state index is 0.223. The van der Waals surface area contributed by atoms with Crippen molar-refractivity contribution in [3.05, 3.63) is 23.8 Å². The molecular weight excluding hydrogens is 242 g/mol. The lowest BCUT2D eigenvalue weighted by Crippen LogP contribution is -2.24. The summed E-state index contributed by atoms with van der Waals surface area (Å²) in [6, 6.07) is 0. The molecule has 0 N–H and O–H groups in total. The monoisotopic (exact) mass is 269 g/mol. The second kappa shape index (κ2) is 10.2. The largest absolute Gasteiger partial charge is 0.286 e. The molecule has 0 fully saturated rings. The van der Waals surface area contributed by atoms with Gasteiger partial charge in [-0.05, 0) is 18.8 Å². The van der Waals surface area contributed by atoms with Gasteiger partial charge in [0.15, 0.2) is 0 Å². The Kier molecular flexibility index (Phi) is 9.85. The second-order valence-electron chi connectivity index (χ2n) is 4.13. The van der Waals surface area contributed by atoms with Crippen molar-refractivity contribution in [2.75, 3.05) is 12.8 Å². The first-order chi connectivity index (χ1) is 8.67. The fraction of sp³-hybridized carbons (Fsp3) is 0.667. The van der Waals surface area contributed by atoms with Gasteiger partial charge in [-0.2, -0.15) is 0 Å². The standard InChI is InChI=1S/C13H21NOS.C2H6/c1-4-13(15)14(16-3)10-9-12-7-5-11(2)6-8-12;1-2/h5,7-8,11H,4,6,9-10H2,1-3H3;1-2H3. The third kappa shape index (κ3) is 6.29. The van der Waals surface area contributed by atoms with E-state index >= 15 is 0 Å². The van der Waals surface area contributed by atoms with Crippen LogP contribution in [0.25, 0.3) is 0 Å². The van der Waals surface area contributed by atoms with Gasteiger partial charge in [0, 0.05) is 19.2 Å². The first-order valence-electron chi connectivity index (χ1n) is 6.89. The summed E-state index contributed by atoms with van der Waals surface area (Å²) in [7, 11) is 0. The number of carbonyl (C=O) groups is 1. The van der Waals surface area contributed by atoms with E-state index < -0.39 is 0 Å². The van der Waals surface area contributed by atoms with Crippen LogP contribution < -0.4 is 0 Å². The molecule has 1 rings (SSSR count). The smallest absolute Gasteiger partial charge is 0.232 e. The van der Waals surface area contributed by atoms with Gasteiger partial charge in [-0.3, -0.25) is 9.10 Å². The lowest BCUT2D eigenvalue weighted by molar-refractivity contribution is -0.125. The van der Waals surface area contributed by atoms with Gasteiger partial charge in [0.2, 0.25) is 5.91 Å². The summed E-state index contributed by atoms with van der Waals surface area (Å²) in [5, 5.41) is 0. The maximum atomic E-state index is 11.5. The first-order valence-corrected chi connectivity index (χ1v) is 8.07. The molecule has 104 valence electrons. The zero-order valence-electron chi connectivity index (χ0n) is 12.4. The van der Waals surface area contributed by atoms with E-state index in [4.69, 9.17) is 0 Å². The van der Waals surface area contributed by atoms with Crippen molar-refractivity contribution in [1.29, 1.82) is 0 Å². The van der Waals surface area contributed by atoms with Crippen molar-refractivity contribution in [3.63, 3.8) is 0 Å². The molecule has 0 bridgehead atoms. The van der Waals surface area contributed by atoms with Crippen LogP contribution in [0.15, 0.2) is 23.8 Å². The lowest BCUT2D eigenvalue weighted by Gasteiger charge is -2.20. The Bertz CT molecular complexity index is 297. The average molecular weight is 269 g/mol. The Morgan fingerprint density at radius 1 is 1.50 bits per heavy atom. The van der Waals surface area contributed by atoms with Crippen molar-refractivity contribution in [1.82, 2.24) is 4.31 Å². The molecule has 18 heavy (non-hydrogen) atoms. The van der Waals surface area contributed by atoms with Gasteiger partial charge >= 0.3 is 0 Å². The molecule has 1 aliphatic carbocycles. The number of hydrogen-bond donors (Lipinski definition) is 0. The maximum absolute atomic E-state index is 11.5. The van der Waals surface area contributed by atoms with Crippen molar-refractivity contribution in [2.45, 2.75) is 47.0 Å². The van der Waals surface area contributed by atoms with Crippen molar-refractivity contribution in [3.8, 4) is 0 Å². The van der Waals surface area contributed by atoms with Crippen LogP contribution in [0.4, 0.5) is 0 Å². The fourth-order valence-corrected chi connectivity index (χ4v) is 2.29.